The van der Waals surface area contributed by atoms with Crippen LogP contribution >= 0.6 is 11.6 Å². The number of aryl methyl sites for hydroxylation is 1. The molecule has 1 heterocycles. The van der Waals surface area contributed by atoms with Crippen LogP contribution in [-0.4, -0.2) is 24.4 Å². The second-order valence-corrected chi connectivity index (χ2v) is 9.67. The molecular weight excluding hydrogens is 465 g/mol. The topological polar surface area (TPSA) is 61.4 Å². The highest BCUT2D eigenvalue weighted by molar-refractivity contribution is 6.35. The molecule has 0 bridgehead atoms. The number of nitrogens with one attached hydrogen (secondary N) is 2. The zero-order chi connectivity index (χ0) is 24.5. The summed E-state index contributed by atoms with van der Waals surface area (Å²) in [6, 6.07) is 17.3. The number of benzene rings is 3. The van der Waals surface area contributed by atoms with Crippen LogP contribution in [0.25, 0.3) is 0 Å². The summed E-state index contributed by atoms with van der Waals surface area (Å²) in [6.45, 7) is 2.39. The van der Waals surface area contributed by atoms with Crippen LogP contribution in [0.2, 0.25) is 5.02 Å². The van der Waals surface area contributed by atoms with Crippen molar-refractivity contribution in [3.63, 3.8) is 0 Å². The highest BCUT2D eigenvalue weighted by atomic mass is 35.5. The molecule has 5 rings (SSSR count). The third kappa shape index (κ3) is 5.09. The van der Waals surface area contributed by atoms with E-state index in [0.29, 0.717) is 35.1 Å². The van der Waals surface area contributed by atoms with E-state index in [4.69, 9.17) is 11.6 Å². The average molecular weight is 492 g/mol. The van der Waals surface area contributed by atoms with Gasteiger partial charge in [-0.15, -0.1) is 0 Å². The van der Waals surface area contributed by atoms with E-state index in [1.807, 2.05) is 25.1 Å². The molecular formula is C28H27ClFN3O2. The number of anilines is 2. The van der Waals surface area contributed by atoms with Crippen LogP contribution in [0.5, 0.6) is 0 Å². The smallest absolute Gasteiger partial charge is 0.259 e. The monoisotopic (exact) mass is 491 g/mol. The molecule has 7 heteroatoms. The van der Waals surface area contributed by atoms with E-state index < -0.39 is 0 Å². The number of hydrogen-bond donors (Lipinski definition) is 2. The lowest BCUT2D eigenvalue weighted by Gasteiger charge is -2.25. The molecule has 3 aromatic carbocycles. The molecule has 180 valence electrons. The fraction of sp³-hybridized carbons (Fsp3) is 0.286. The maximum absolute atomic E-state index is 14.2. The molecule has 3 aromatic rings. The minimum atomic E-state index is -0.313. The van der Waals surface area contributed by atoms with Crippen molar-refractivity contribution in [1.82, 2.24) is 5.32 Å². The van der Waals surface area contributed by atoms with Crippen molar-refractivity contribution >= 4 is 34.8 Å². The lowest BCUT2D eigenvalue weighted by Crippen LogP contribution is -2.32. The number of carbonyl (C=O) groups is 2. The van der Waals surface area contributed by atoms with Gasteiger partial charge in [-0.2, -0.15) is 0 Å². The Hall–Kier alpha value is -3.22. The summed E-state index contributed by atoms with van der Waals surface area (Å²) in [4.78, 5) is 28.0. The molecule has 0 saturated heterocycles. The molecule has 1 aliphatic heterocycles. The summed E-state index contributed by atoms with van der Waals surface area (Å²) in [5, 5.41) is 6.70. The van der Waals surface area contributed by atoms with E-state index in [0.717, 1.165) is 36.8 Å². The fourth-order valence-corrected chi connectivity index (χ4v) is 4.90. The largest absolute Gasteiger partial charge is 0.322 e. The van der Waals surface area contributed by atoms with Gasteiger partial charge in [-0.1, -0.05) is 29.8 Å². The second-order valence-electron chi connectivity index (χ2n) is 9.26. The Morgan fingerprint density at radius 2 is 1.80 bits per heavy atom. The molecule has 1 unspecified atom stereocenters. The maximum atomic E-state index is 14.2. The van der Waals surface area contributed by atoms with E-state index >= 15 is 0 Å². The number of nitrogens with zero attached hydrogens (tertiary/aromatic N) is 1. The lowest BCUT2D eigenvalue weighted by molar-refractivity contribution is 0.0985. The van der Waals surface area contributed by atoms with Gasteiger partial charge >= 0.3 is 0 Å². The normalized spacial score (nSPS) is 17.5. The number of hydrogen-bond acceptors (Lipinski definition) is 3. The minimum absolute atomic E-state index is 0.0144. The predicted molar refractivity (Wildman–Crippen MR) is 137 cm³/mol. The average Bonchev–Trinajstić information content (AvgIpc) is 3.67. The van der Waals surface area contributed by atoms with Crippen molar-refractivity contribution in [3.05, 3.63) is 93.8 Å². The number of amides is 2. The van der Waals surface area contributed by atoms with E-state index in [9.17, 15) is 14.0 Å². The van der Waals surface area contributed by atoms with E-state index in [1.54, 1.807) is 35.2 Å². The number of carbonyl (C=O) groups excluding carboxylic acids is 2. The van der Waals surface area contributed by atoms with Crippen LogP contribution in [0.4, 0.5) is 15.8 Å². The molecule has 0 spiro atoms. The van der Waals surface area contributed by atoms with Crippen molar-refractivity contribution in [2.75, 3.05) is 16.8 Å². The van der Waals surface area contributed by atoms with Gasteiger partial charge < -0.3 is 15.5 Å². The zero-order valence-corrected chi connectivity index (χ0v) is 20.2. The predicted octanol–water partition coefficient (Wildman–Crippen LogP) is 6.27. The molecule has 0 aromatic heterocycles. The fourth-order valence-electron chi connectivity index (χ4n) is 4.64. The van der Waals surface area contributed by atoms with Crippen LogP contribution in [0.1, 0.15) is 63.6 Å². The summed E-state index contributed by atoms with van der Waals surface area (Å²) in [7, 11) is 0. The van der Waals surface area contributed by atoms with Gasteiger partial charge in [-0.3, -0.25) is 9.59 Å². The van der Waals surface area contributed by atoms with Crippen LogP contribution in [0, 0.1) is 12.7 Å². The molecule has 1 atom stereocenters. The Kier molecular flexibility index (Phi) is 6.58. The van der Waals surface area contributed by atoms with Gasteiger partial charge in [0, 0.05) is 35.6 Å². The highest BCUT2D eigenvalue weighted by Crippen LogP contribution is 2.37. The molecule has 35 heavy (non-hydrogen) atoms. The molecule has 1 fully saturated rings. The van der Waals surface area contributed by atoms with Crippen LogP contribution in [-0.2, 0) is 0 Å². The maximum Gasteiger partial charge on any atom is 0.259 e. The quantitative estimate of drug-likeness (QED) is 0.442. The first-order chi connectivity index (χ1) is 16.9. The molecule has 1 aliphatic carbocycles. The van der Waals surface area contributed by atoms with Crippen LogP contribution in [0.3, 0.4) is 0 Å². The Morgan fingerprint density at radius 1 is 1.00 bits per heavy atom. The number of rotatable bonds is 5. The van der Waals surface area contributed by atoms with Gasteiger partial charge in [0.05, 0.1) is 10.6 Å². The van der Waals surface area contributed by atoms with Gasteiger partial charge in [-0.05, 0) is 86.2 Å². The summed E-state index contributed by atoms with van der Waals surface area (Å²) < 4.78 is 14.2. The summed E-state index contributed by atoms with van der Waals surface area (Å²) in [6.07, 6.45) is 3.88. The third-order valence-corrected chi connectivity index (χ3v) is 6.95. The van der Waals surface area contributed by atoms with Gasteiger partial charge in [-0.25, -0.2) is 4.39 Å². The highest BCUT2D eigenvalue weighted by Gasteiger charge is 2.32. The molecule has 0 radical (unpaired) electrons. The Balaban J connectivity index is 1.39. The van der Waals surface area contributed by atoms with E-state index in [-0.39, 0.29) is 28.7 Å². The zero-order valence-electron chi connectivity index (χ0n) is 19.5. The van der Waals surface area contributed by atoms with Gasteiger partial charge in [0.15, 0.2) is 0 Å². The van der Waals surface area contributed by atoms with Gasteiger partial charge in [0.25, 0.3) is 11.8 Å². The summed E-state index contributed by atoms with van der Waals surface area (Å²) in [5.74, 6) is -0.796. The third-order valence-electron chi connectivity index (χ3n) is 6.64. The van der Waals surface area contributed by atoms with Crippen molar-refractivity contribution in [3.8, 4) is 0 Å². The Morgan fingerprint density at radius 3 is 2.54 bits per heavy atom. The first-order valence-electron chi connectivity index (χ1n) is 11.9. The standard InChI is InChI=1S/C28H27ClFN3O2/c1-17-5-2-3-6-21(17)27(34)32-20-11-12-22(24(29)16-20)28(35)33-14-4-7-25(31-19-9-10-19)23-15-18(30)8-13-26(23)33/h2-3,5-6,8,11-13,15-16,19,25,31H,4,7,9-10,14H2,1H3,(H,32,34). The minimum Gasteiger partial charge on any atom is -0.322 e. The van der Waals surface area contributed by atoms with Crippen molar-refractivity contribution in [2.45, 2.75) is 44.7 Å². The van der Waals surface area contributed by atoms with E-state index in [2.05, 4.69) is 10.6 Å². The first-order valence-corrected chi connectivity index (χ1v) is 12.3. The van der Waals surface area contributed by atoms with Crippen molar-refractivity contribution in [1.29, 1.82) is 0 Å². The first kappa shape index (κ1) is 23.5. The Labute approximate surface area is 209 Å². The second kappa shape index (κ2) is 9.80. The Bertz CT molecular complexity index is 1290. The molecule has 2 aliphatic rings. The van der Waals surface area contributed by atoms with Crippen LogP contribution < -0.4 is 15.5 Å². The summed E-state index contributed by atoms with van der Waals surface area (Å²) >= 11 is 6.53. The number of halogens is 2. The molecule has 2 N–H and O–H groups in total. The molecule has 5 nitrogen and oxygen atoms in total. The lowest BCUT2D eigenvalue weighted by atomic mass is 10.0. The molecule has 2 amide bonds. The summed E-state index contributed by atoms with van der Waals surface area (Å²) in [5.41, 5.74) is 3.80. The number of fused-ring (bicyclic) bond motifs is 1. The molecule has 1 saturated carbocycles. The van der Waals surface area contributed by atoms with E-state index in [1.165, 1.54) is 12.1 Å². The van der Waals surface area contributed by atoms with Crippen molar-refractivity contribution in [2.24, 2.45) is 0 Å². The van der Waals surface area contributed by atoms with Gasteiger partial charge in [0.1, 0.15) is 5.82 Å². The SMILES string of the molecule is Cc1ccccc1C(=O)Nc1ccc(C(=O)N2CCCC(NC3CC3)c3cc(F)ccc32)c(Cl)c1. The van der Waals surface area contributed by atoms with Crippen LogP contribution in [0.15, 0.2) is 60.7 Å². The van der Waals surface area contributed by atoms with Gasteiger partial charge in [0.2, 0.25) is 0 Å². The van der Waals surface area contributed by atoms with Crippen molar-refractivity contribution < 1.29 is 14.0 Å².